The number of carbonyl (C=O) groups is 3. The number of hydrogen-bond donors (Lipinski definition) is 1. The molecule has 1 atom stereocenters. The highest BCUT2D eigenvalue weighted by Crippen LogP contribution is 2.35. The number of nitrogens with zero attached hydrogens (tertiary/aromatic N) is 1. The third-order valence-corrected chi connectivity index (χ3v) is 6.84. The molecule has 1 aliphatic rings. The van der Waals surface area contributed by atoms with Gasteiger partial charge in [0.2, 0.25) is 0 Å². The zero-order chi connectivity index (χ0) is 22.0. The maximum atomic E-state index is 12.8. The highest BCUT2D eigenvalue weighted by molar-refractivity contribution is 7.21. The van der Waals surface area contributed by atoms with E-state index in [2.05, 4.69) is 5.32 Å². The largest absolute Gasteiger partial charge is 0.451 e. The van der Waals surface area contributed by atoms with E-state index in [1.807, 2.05) is 48.5 Å². The third-order valence-electron chi connectivity index (χ3n) is 5.17. The minimum absolute atomic E-state index is 0.278. The quantitative estimate of drug-likeness (QED) is 0.584. The Morgan fingerprint density at radius 3 is 2.71 bits per heavy atom. The van der Waals surface area contributed by atoms with Gasteiger partial charge in [-0.3, -0.25) is 14.4 Å². The molecule has 2 aromatic carbocycles. The van der Waals surface area contributed by atoms with Crippen LogP contribution >= 0.6 is 22.9 Å². The van der Waals surface area contributed by atoms with Crippen LogP contribution in [0.15, 0.2) is 48.5 Å². The van der Waals surface area contributed by atoms with Crippen LogP contribution < -0.4 is 10.2 Å². The van der Waals surface area contributed by atoms with Crippen LogP contribution in [0.5, 0.6) is 0 Å². The fourth-order valence-corrected chi connectivity index (χ4v) is 5.10. The summed E-state index contributed by atoms with van der Waals surface area (Å²) >= 11 is 7.56. The van der Waals surface area contributed by atoms with Crippen LogP contribution in [-0.2, 0) is 20.7 Å². The Balaban J connectivity index is 1.35. The lowest BCUT2D eigenvalue weighted by atomic mass is 10.0. The summed E-state index contributed by atoms with van der Waals surface area (Å²) in [4.78, 5) is 39.6. The molecule has 31 heavy (non-hydrogen) atoms. The number of nitrogens with one attached hydrogen (secondary N) is 1. The predicted molar refractivity (Wildman–Crippen MR) is 122 cm³/mol. The molecule has 1 aromatic heterocycles. The summed E-state index contributed by atoms with van der Waals surface area (Å²) in [5.74, 6) is -1.41. The van der Waals surface area contributed by atoms with Crippen molar-refractivity contribution in [1.29, 1.82) is 0 Å². The summed E-state index contributed by atoms with van der Waals surface area (Å²) in [6, 6.07) is 15.2. The van der Waals surface area contributed by atoms with E-state index in [1.165, 1.54) is 11.3 Å². The fourth-order valence-electron chi connectivity index (χ4n) is 3.66. The molecular formula is C23H21ClN2O4S. The topological polar surface area (TPSA) is 75.7 Å². The van der Waals surface area contributed by atoms with Crippen molar-refractivity contribution in [2.75, 3.05) is 18.0 Å². The van der Waals surface area contributed by atoms with E-state index in [9.17, 15) is 14.4 Å². The Labute approximate surface area is 188 Å². The number of esters is 1. The number of fused-ring (bicyclic) bond motifs is 2. The molecule has 0 aliphatic carbocycles. The second-order valence-electron chi connectivity index (χ2n) is 7.28. The van der Waals surface area contributed by atoms with E-state index >= 15 is 0 Å². The van der Waals surface area contributed by atoms with Crippen LogP contribution in [-0.4, -0.2) is 37.0 Å². The van der Waals surface area contributed by atoms with Gasteiger partial charge in [-0.05, 0) is 37.5 Å². The molecule has 0 saturated heterocycles. The van der Waals surface area contributed by atoms with E-state index in [4.69, 9.17) is 16.3 Å². The molecule has 160 valence electrons. The van der Waals surface area contributed by atoms with Gasteiger partial charge in [0.25, 0.3) is 11.8 Å². The zero-order valence-corrected chi connectivity index (χ0v) is 18.5. The lowest BCUT2D eigenvalue weighted by molar-refractivity contribution is -0.152. The normalized spacial score (nSPS) is 14.1. The van der Waals surface area contributed by atoms with Gasteiger partial charge in [-0.1, -0.05) is 48.0 Å². The van der Waals surface area contributed by atoms with Gasteiger partial charge in [-0.25, -0.2) is 0 Å². The first kappa shape index (κ1) is 21.3. The molecule has 0 saturated carbocycles. The molecule has 0 spiro atoms. The molecule has 2 amide bonds. The van der Waals surface area contributed by atoms with Crippen molar-refractivity contribution in [1.82, 2.24) is 5.32 Å². The number of amides is 2. The molecule has 3 aromatic rings. The third kappa shape index (κ3) is 4.43. The minimum Gasteiger partial charge on any atom is -0.451 e. The van der Waals surface area contributed by atoms with Gasteiger partial charge in [0.1, 0.15) is 11.4 Å². The lowest BCUT2D eigenvalue weighted by Gasteiger charge is -2.31. The van der Waals surface area contributed by atoms with E-state index in [0.717, 1.165) is 34.2 Å². The van der Waals surface area contributed by atoms with Crippen LogP contribution in [0.4, 0.5) is 5.69 Å². The second kappa shape index (κ2) is 9.08. The molecular weight excluding hydrogens is 436 g/mol. The first-order valence-corrected chi connectivity index (χ1v) is 11.2. The smallest absolute Gasteiger partial charge is 0.326 e. The molecule has 6 nitrogen and oxygen atoms in total. The maximum Gasteiger partial charge on any atom is 0.326 e. The van der Waals surface area contributed by atoms with E-state index in [-0.39, 0.29) is 12.5 Å². The van der Waals surface area contributed by atoms with Crippen molar-refractivity contribution in [3.63, 3.8) is 0 Å². The molecule has 2 heterocycles. The summed E-state index contributed by atoms with van der Waals surface area (Å²) in [7, 11) is 0. The van der Waals surface area contributed by atoms with Crippen molar-refractivity contribution in [2.45, 2.75) is 25.9 Å². The van der Waals surface area contributed by atoms with E-state index in [0.29, 0.717) is 16.4 Å². The highest BCUT2D eigenvalue weighted by atomic mass is 35.5. The monoisotopic (exact) mass is 456 g/mol. The van der Waals surface area contributed by atoms with Crippen LogP contribution in [0.25, 0.3) is 10.1 Å². The average Bonchev–Trinajstić information content (AvgIpc) is 3.13. The average molecular weight is 457 g/mol. The van der Waals surface area contributed by atoms with Gasteiger partial charge in [0.05, 0.1) is 5.02 Å². The van der Waals surface area contributed by atoms with Crippen LogP contribution in [0.2, 0.25) is 5.02 Å². The number of para-hydroxylation sites is 1. The Morgan fingerprint density at radius 2 is 1.90 bits per heavy atom. The predicted octanol–water partition coefficient (Wildman–Crippen LogP) is 4.20. The van der Waals surface area contributed by atoms with Crippen LogP contribution in [0, 0.1) is 0 Å². The molecule has 8 heteroatoms. The molecule has 0 bridgehead atoms. The molecule has 1 aliphatic heterocycles. The first-order valence-electron chi connectivity index (χ1n) is 9.99. The summed E-state index contributed by atoms with van der Waals surface area (Å²) in [6.45, 7) is 1.78. The van der Waals surface area contributed by atoms with E-state index < -0.39 is 18.0 Å². The molecule has 4 rings (SSSR count). The minimum atomic E-state index is -0.955. The second-order valence-corrected chi connectivity index (χ2v) is 8.71. The number of halogens is 1. The number of ether oxygens (including phenoxy) is 1. The van der Waals surface area contributed by atoms with Crippen LogP contribution in [0.3, 0.4) is 0 Å². The SMILES string of the molecule is CC(OC(=O)CNC(=O)c1sc2ccccc2c1Cl)C(=O)N1CCCc2ccccc21. The standard InChI is InChI=1S/C23H21ClN2O4S/c1-14(23(29)26-12-6-8-15-7-2-4-10-17(15)26)30-19(27)13-25-22(28)21-20(24)16-9-3-5-11-18(16)31-21/h2-5,7,9-11,14H,6,8,12-13H2,1H3,(H,25,28). The van der Waals surface area contributed by atoms with Crippen molar-refractivity contribution in [3.05, 3.63) is 64.0 Å². The Morgan fingerprint density at radius 1 is 1.16 bits per heavy atom. The Bertz CT molecular complexity index is 1160. The summed E-state index contributed by atoms with van der Waals surface area (Å²) in [5, 5.41) is 3.68. The lowest BCUT2D eigenvalue weighted by Crippen LogP contribution is -2.43. The van der Waals surface area contributed by atoms with Crippen molar-refractivity contribution < 1.29 is 19.1 Å². The number of hydrogen-bond acceptors (Lipinski definition) is 5. The summed E-state index contributed by atoms with van der Waals surface area (Å²) in [5.41, 5.74) is 1.96. The van der Waals surface area contributed by atoms with Crippen molar-refractivity contribution in [3.8, 4) is 0 Å². The first-order chi connectivity index (χ1) is 15.0. The van der Waals surface area contributed by atoms with Gasteiger partial charge in [-0.2, -0.15) is 0 Å². The Hall–Kier alpha value is -2.90. The number of thiophene rings is 1. The molecule has 1 unspecified atom stereocenters. The zero-order valence-electron chi connectivity index (χ0n) is 16.9. The van der Waals surface area contributed by atoms with Gasteiger partial charge < -0.3 is 15.0 Å². The number of carbonyl (C=O) groups excluding carboxylic acids is 3. The van der Waals surface area contributed by atoms with Gasteiger partial charge >= 0.3 is 5.97 Å². The summed E-state index contributed by atoms with van der Waals surface area (Å²) < 4.78 is 6.17. The Kier molecular flexibility index (Phi) is 6.25. The van der Waals surface area contributed by atoms with Crippen LogP contribution in [0.1, 0.15) is 28.6 Å². The van der Waals surface area contributed by atoms with E-state index in [1.54, 1.807) is 11.8 Å². The molecule has 1 N–H and O–H groups in total. The maximum absolute atomic E-state index is 12.8. The number of anilines is 1. The number of aryl methyl sites for hydroxylation is 1. The fraction of sp³-hybridized carbons (Fsp3) is 0.261. The van der Waals surface area contributed by atoms with Gasteiger partial charge in [0, 0.05) is 22.3 Å². The number of rotatable bonds is 5. The van der Waals surface area contributed by atoms with Crippen molar-refractivity contribution in [2.24, 2.45) is 0 Å². The molecule has 0 radical (unpaired) electrons. The highest BCUT2D eigenvalue weighted by Gasteiger charge is 2.28. The van der Waals surface area contributed by atoms with Crippen molar-refractivity contribution >= 4 is 56.5 Å². The molecule has 0 fully saturated rings. The van der Waals surface area contributed by atoms with Gasteiger partial charge in [-0.15, -0.1) is 11.3 Å². The summed E-state index contributed by atoms with van der Waals surface area (Å²) in [6.07, 6.45) is 0.819. The number of benzene rings is 2. The van der Waals surface area contributed by atoms with Gasteiger partial charge in [0.15, 0.2) is 6.10 Å².